The molecular formula is C20H21N3O4. The second-order valence-corrected chi connectivity index (χ2v) is 6.87. The van der Waals surface area contributed by atoms with Crippen molar-refractivity contribution >= 4 is 10.9 Å². The van der Waals surface area contributed by atoms with Gasteiger partial charge in [0.25, 0.3) is 0 Å². The number of fused-ring (bicyclic) bond motifs is 2. The van der Waals surface area contributed by atoms with Gasteiger partial charge in [0.15, 0.2) is 5.82 Å². The highest BCUT2D eigenvalue weighted by molar-refractivity contribution is 5.82. The lowest BCUT2D eigenvalue weighted by atomic mass is 10.1. The predicted molar refractivity (Wildman–Crippen MR) is 98.7 cm³/mol. The van der Waals surface area contributed by atoms with Crippen LogP contribution in [0, 0.1) is 0 Å². The maximum atomic E-state index is 9.98. The van der Waals surface area contributed by atoms with E-state index in [-0.39, 0.29) is 18.2 Å². The monoisotopic (exact) mass is 367 g/mol. The summed E-state index contributed by atoms with van der Waals surface area (Å²) in [7, 11) is 0. The van der Waals surface area contributed by atoms with Crippen LogP contribution in [0.3, 0.4) is 0 Å². The zero-order chi connectivity index (χ0) is 18.4. The third kappa shape index (κ3) is 2.79. The van der Waals surface area contributed by atoms with Crippen molar-refractivity contribution in [3.63, 3.8) is 0 Å². The maximum absolute atomic E-state index is 9.98. The molecular weight excluding hydrogens is 346 g/mol. The normalized spacial score (nSPS) is 27.2. The van der Waals surface area contributed by atoms with Crippen molar-refractivity contribution in [3.05, 3.63) is 42.7 Å². The number of aliphatic hydroxyl groups excluding tert-OH is 1. The van der Waals surface area contributed by atoms with Crippen molar-refractivity contribution in [1.82, 2.24) is 14.5 Å². The molecule has 7 heteroatoms. The predicted octanol–water partition coefficient (Wildman–Crippen LogP) is 2.20. The highest BCUT2D eigenvalue weighted by Crippen LogP contribution is 2.36. The summed E-state index contributed by atoms with van der Waals surface area (Å²) in [5.41, 5.74) is 1.68. The largest absolute Gasteiger partial charge is 0.494 e. The van der Waals surface area contributed by atoms with Gasteiger partial charge in [-0.2, -0.15) is 0 Å². The van der Waals surface area contributed by atoms with E-state index >= 15 is 0 Å². The van der Waals surface area contributed by atoms with Gasteiger partial charge in [0.1, 0.15) is 29.8 Å². The summed E-state index contributed by atoms with van der Waals surface area (Å²) in [6.45, 7) is 3.40. The van der Waals surface area contributed by atoms with Crippen LogP contribution in [0.25, 0.3) is 22.4 Å². The van der Waals surface area contributed by atoms with Gasteiger partial charge in [0.2, 0.25) is 0 Å². The Kier molecular flexibility index (Phi) is 4.07. The molecule has 7 nitrogen and oxygen atoms in total. The summed E-state index contributed by atoms with van der Waals surface area (Å²) in [5, 5.41) is 11.0. The lowest BCUT2D eigenvalue weighted by Gasteiger charge is -2.19. The standard InChI is InChI=1S/C20H21N3O4/c1-2-25-13-4-6-14-12(9-13)3-5-15(22-14)20-21-7-8-23(20)16-10-26-19-17(24)11-27-18(16)19/h3-9,16-19,24H,2,10-11H2,1H3/t16-,17+,18+,19+/m0/s1. The van der Waals surface area contributed by atoms with Gasteiger partial charge in [-0.1, -0.05) is 6.07 Å². The lowest BCUT2D eigenvalue weighted by molar-refractivity contribution is 0.0172. The van der Waals surface area contributed by atoms with Gasteiger partial charge in [-0.3, -0.25) is 0 Å². The number of pyridine rings is 1. The second-order valence-electron chi connectivity index (χ2n) is 6.87. The van der Waals surface area contributed by atoms with Gasteiger partial charge in [0, 0.05) is 17.8 Å². The van der Waals surface area contributed by atoms with Crippen LogP contribution in [0.5, 0.6) is 5.75 Å². The van der Waals surface area contributed by atoms with E-state index in [4.69, 9.17) is 19.2 Å². The quantitative estimate of drug-likeness (QED) is 0.762. The number of imidazole rings is 1. The van der Waals surface area contributed by atoms with Crippen LogP contribution in [-0.2, 0) is 9.47 Å². The molecule has 4 heterocycles. The van der Waals surface area contributed by atoms with E-state index in [2.05, 4.69) is 4.98 Å². The molecule has 2 aliphatic rings. The van der Waals surface area contributed by atoms with Gasteiger partial charge in [-0.05, 0) is 31.2 Å². The maximum Gasteiger partial charge on any atom is 0.159 e. The number of nitrogens with zero attached hydrogens (tertiary/aromatic N) is 3. The van der Waals surface area contributed by atoms with Crippen molar-refractivity contribution in [3.8, 4) is 17.3 Å². The van der Waals surface area contributed by atoms with Crippen LogP contribution < -0.4 is 4.74 Å². The Morgan fingerprint density at radius 3 is 2.96 bits per heavy atom. The Labute approximate surface area is 156 Å². The fourth-order valence-corrected chi connectivity index (χ4v) is 3.96. The molecule has 2 fully saturated rings. The van der Waals surface area contributed by atoms with Crippen molar-refractivity contribution in [2.45, 2.75) is 31.3 Å². The Balaban J connectivity index is 1.49. The molecule has 2 aliphatic heterocycles. The molecule has 27 heavy (non-hydrogen) atoms. The molecule has 0 spiro atoms. The van der Waals surface area contributed by atoms with Crippen LogP contribution in [0.1, 0.15) is 13.0 Å². The number of hydrogen-bond donors (Lipinski definition) is 1. The fourth-order valence-electron chi connectivity index (χ4n) is 3.96. The molecule has 1 N–H and O–H groups in total. The zero-order valence-corrected chi connectivity index (χ0v) is 15.0. The summed E-state index contributed by atoms with van der Waals surface area (Å²) >= 11 is 0. The number of ether oxygens (including phenoxy) is 3. The van der Waals surface area contributed by atoms with E-state index in [1.165, 1.54) is 0 Å². The molecule has 3 aromatic rings. The minimum absolute atomic E-state index is 0.0255. The molecule has 1 aromatic carbocycles. The number of aliphatic hydroxyl groups is 1. The SMILES string of the molecule is CCOc1ccc2nc(-c3nccn3[C@H]3CO[C@H]4[C@@H]3OC[C@H]4O)ccc2c1. The topological polar surface area (TPSA) is 78.6 Å². The van der Waals surface area contributed by atoms with Crippen molar-refractivity contribution in [2.75, 3.05) is 19.8 Å². The first-order valence-corrected chi connectivity index (χ1v) is 9.22. The van der Waals surface area contributed by atoms with Crippen LogP contribution in [0.4, 0.5) is 0 Å². The number of rotatable bonds is 4. The lowest BCUT2D eigenvalue weighted by Crippen LogP contribution is -2.30. The highest BCUT2D eigenvalue weighted by Gasteiger charge is 2.48. The van der Waals surface area contributed by atoms with E-state index in [9.17, 15) is 5.11 Å². The minimum atomic E-state index is -0.565. The molecule has 0 unspecified atom stereocenters. The third-order valence-electron chi connectivity index (χ3n) is 5.23. The Hall–Kier alpha value is -2.48. The molecule has 0 aliphatic carbocycles. The first-order valence-electron chi connectivity index (χ1n) is 9.22. The minimum Gasteiger partial charge on any atom is -0.494 e. The van der Waals surface area contributed by atoms with E-state index in [0.717, 1.165) is 28.2 Å². The molecule has 0 bridgehead atoms. The Morgan fingerprint density at radius 2 is 2.07 bits per heavy atom. The van der Waals surface area contributed by atoms with E-state index in [1.807, 2.05) is 48.0 Å². The summed E-state index contributed by atoms with van der Waals surface area (Å²) in [6, 6.07) is 9.85. The first-order chi connectivity index (χ1) is 13.2. The van der Waals surface area contributed by atoms with Crippen molar-refractivity contribution in [2.24, 2.45) is 0 Å². The smallest absolute Gasteiger partial charge is 0.159 e. The summed E-state index contributed by atoms with van der Waals surface area (Å²) in [5.74, 6) is 1.61. The molecule has 0 radical (unpaired) electrons. The molecule has 2 aromatic heterocycles. The summed E-state index contributed by atoms with van der Waals surface area (Å²) in [6.07, 6.45) is 2.68. The summed E-state index contributed by atoms with van der Waals surface area (Å²) < 4.78 is 19.1. The van der Waals surface area contributed by atoms with Crippen molar-refractivity contribution in [1.29, 1.82) is 0 Å². The number of benzene rings is 1. The van der Waals surface area contributed by atoms with E-state index in [0.29, 0.717) is 19.8 Å². The van der Waals surface area contributed by atoms with Crippen LogP contribution in [-0.4, -0.2) is 57.8 Å². The zero-order valence-electron chi connectivity index (χ0n) is 15.0. The molecule has 0 amide bonds. The van der Waals surface area contributed by atoms with Crippen LogP contribution in [0.2, 0.25) is 0 Å². The second kappa shape index (κ2) is 6.60. The van der Waals surface area contributed by atoms with Gasteiger partial charge < -0.3 is 23.9 Å². The van der Waals surface area contributed by atoms with Gasteiger partial charge in [-0.15, -0.1) is 0 Å². The van der Waals surface area contributed by atoms with Crippen molar-refractivity contribution < 1.29 is 19.3 Å². The molecule has 140 valence electrons. The molecule has 4 atom stereocenters. The number of hydrogen-bond acceptors (Lipinski definition) is 6. The Morgan fingerprint density at radius 1 is 1.19 bits per heavy atom. The highest BCUT2D eigenvalue weighted by atomic mass is 16.6. The average Bonchev–Trinajstić information content (AvgIpc) is 3.39. The molecule has 0 saturated carbocycles. The average molecular weight is 367 g/mol. The summed E-state index contributed by atoms with van der Waals surface area (Å²) in [4.78, 5) is 9.30. The number of aromatic nitrogens is 3. The molecule has 5 rings (SSSR count). The van der Waals surface area contributed by atoms with E-state index < -0.39 is 6.10 Å². The third-order valence-corrected chi connectivity index (χ3v) is 5.23. The van der Waals surface area contributed by atoms with Gasteiger partial charge >= 0.3 is 0 Å². The fraction of sp³-hybridized carbons (Fsp3) is 0.400. The molecule has 2 saturated heterocycles. The van der Waals surface area contributed by atoms with E-state index in [1.54, 1.807) is 6.20 Å². The van der Waals surface area contributed by atoms with Gasteiger partial charge in [0.05, 0.1) is 31.4 Å². The van der Waals surface area contributed by atoms with Crippen LogP contribution >= 0.6 is 0 Å². The van der Waals surface area contributed by atoms with Gasteiger partial charge in [-0.25, -0.2) is 9.97 Å². The Bertz CT molecular complexity index is 973. The first kappa shape index (κ1) is 16.7. The van der Waals surface area contributed by atoms with Crippen LogP contribution in [0.15, 0.2) is 42.7 Å².